The molecule has 1 aromatic rings. The second kappa shape index (κ2) is 7.13. The molecule has 6 heteroatoms. The van der Waals surface area contributed by atoms with Crippen LogP contribution >= 0.6 is 0 Å². The van der Waals surface area contributed by atoms with Crippen LogP contribution in [0.5, 0.6) is 0 Å². The largest absolute Gasteiger partial charge is 0.382 e. The number of hydrogen-bond acceptors (Lipinski definition) is 4. The average molecular weight is 312 g/mol. The van der Waals surface area contributed by atoms with Crippen LogP contribution in [0, 0.1) is 0 Å². The third-order valence-electron chi connectivity index (χ3n) is 3.87. The van der Waals surface area contributed by atoms with Crippen molar-refractivity contribution in [3.8, 4) is 0 Å². The van der Waals surface area contributed by atoms with Crippen molar-refractivity contribution in [2.75, 3.05) is 22.9 Å². The van der Waals surface area contributed by atoms with E-state index in [0.29, 0.717) is 17.8 Å². The molecule has 0 heterocycles. The molecule has 0 amide bonds. The smallest absolute Gasteiger partial charge is 0.232 e. The zero-order valence-corrected chi connectivity index (χ0v) is 13.4. The first kappa shape index (κ1) is 16.1. The SMILES string of the molecule is CCS(=O)(=O)Nc1ccc(NC2CCCC(OC)C2)cc1. The van der Waals surface area contributed by atoms with Crippen LogP contribution in [0.1, 0.15) is 32.6 Å². The minimum Gasteiger partial charge on any atom is -0.382 e. The van der Waals surface area contributed by atoms with Gasteiger partial charge in [0.1, 0.15) is 0 Å². The number of ether oxygens (including phenoxy) is 1. The molecular formula is C15H24N2O3S. The molecule has 0 aliphatic heterocycles. The fraction of sp³-hybridized carbons (Fsp3) is 0.600. The zero-order valence-electron chi connectivity index (χ0n) is 12.6. The summed E-state index contributed by atoms with van der Waals surface area (Å²) in [6, 6.07) is 7.80. The fourth-order valence-corrected chi connectivity index (χ4v) is 3.25. The first-order valence-corrected chi connectivity index (χ1v) is 9.07. The predicted octanol–water partition coefficient (Wildman–Crippen LogP) is 2.82. The van der Waals surface area contributed by atoms with E-state index >= 15 is 0 Å². The summed E-state index contributed by atoms with van der Waals surface area (Å²) >= 11 is 0. The van der Waals surface area contributed by atoms with Crippen molar-refractivity contribution in [1.82, 2.24) is 0 Å². The van der Waals surface area contributed by atoms with Crippen LogP contribution in [-0.4, -0.2) is 33.4 Å². The Kier molecular flexibility index (Phi) is 5.47. The first-order chi connectivity index (χ1) is 10.0. The third kappa shape index (κ3) is 4.89. The summed E-state index contributed by atoms with van der Waals surface area (Å²) < 4.78 is 31.0. The Balaban J connectivity index is 1.93. The van der Waals surface area contributed by atoms with Gasteiger partial charge < -0.3 is 10.1 Å². The second-order valence-electron chi connectivity index (χ2n) is 5.45. The molecule has 0 saturated heterocycles. The normalized spacial score (nSPS) is 22.8. The maximum absolute atomic E-state index is 11.5. The quantitative estimate of drug-likeness (QED) is 0.847. The van der Waals surface area contributed by atoms with Gasteiger partial charge in [0.2, 0.25) is 10.0 Å². The van der Waals surface area contributed by atoms with E-state index in [2.05, 4.69) is 10.0 Å². The van der Waals surface area contributed by atoms with Crippen LogP contribution < -0.4 is 10.0 Å². The number of nitrogens with one attached hydrogen (secondary N) is 2. The van der Waals surface area contributed by atoms with Crippen LogP contribution in [0.2, 0.25) is 0 Å². The summed E-state index contributed by atoms with van der Waals surface area (Å²) in [5, 5.41) is 3.49. The lowest BCUT2D eigenvalue weighted by molar-refractivity contribution is 0.0669. The minimum atomic E-state index is -3.21. The summed E-state index contributed by atoms with van der Waals surface area (Å²) in [6.45, 7) is 1.62. The van der Waals surface area contributed by atoms with Gasteiger partial charge in [0, 0.05) is 24.5 Å². The molecule has 1 fully saturated rings. The van der Waals surface area contributed by atoms with Crippen molar-refractivity contribution in [1.29, 1.82) is 0 Å². The standard InChI is InChI=1S/C15H24N2O3S/c1-3-21(18,19)17-13-9-7-12(8-10-13)16-14-5-4-6-15(11-14)20-2/h7-10,14-17H,3-6,11H2,1-2H3. The van der Waals surface area contributed by atoms with Gasteiger partial charge in [-0.3, -0.25) is 4.72 Å². The number of benzene rings is 1. The van der Waals surface area contributed by atoms with E-state index in [9.17, 15) is 8.42 Å². The average Bonchev–Trinajstić information content (AvgIpc) is 2.49. The van der Waals surface area contributed by atoms with E-state index in [1.165, 1.54) is 6.42 Å². The van der Waals surface area contributed by atoms with Crippen LogP contribution in [-0.2, 0) is 14.8 Å². The summed E-state index contributed by atoms with van der Waals surface area (Å²) in [7, 11) is -1.44. The molecule has 2 rings (SSSR count). The van der Waals surface area contributed by atoms with Gasteiger partial charge in [0.25, 0.3) is 0 Å². The molecule has 2 atom stereocenters. The molecule has 2 N–H and O–H groups in total. The molecule has 1 aliphatic rings. The number of sulfonamides is 1. The molecule has 2 unspecified atom stereocenters. The highest BCUT2D eigenvalue weighted by Gasteiger charge is 2.21. The maximum atomic E-state index is 11.5. The molecule has 0 spiro atoms. The maximum Gasteiger partial charge on any atom is 0.232 e. The molecule has 0 aromatic heterocycles. The second-order valence-corrected chi connectivity index (χ2v) is 7.46. The lowest BCUT2D eigenvalue weighted by atomic mass is 9.92. The molecule has 1 aromatic carbocycles. The van der Waals surface area contributed by atoms with Crippen molar-refractivity contribution in [2.24, 2.45) is 0 Å². The number of hydrogen-bond donors (Lipinski definition) is 2. The van der Waals surface area contributed by atoms with E-state index in [0.717, 1.165) is 24.9 Å². The van der Waals surface area contributed by atoms with Crippen LogP contribution in [0.3, 0.4) is 0 Å². The van der Waals surface area contributed by atoms with Gasteiger partial charge in [-0.15, -0.1) is 0 Å². The summed E-state index contributed by atoms with van der Waals surface area (Å²) in [4.78, 5) is 0. The molecule has 0 radical (unpaired) electrons. The summed E-state index contributed by atoms with van der Waals surface area (Å²) in [5.74, 6) is 0.0769. The highest BCUT2D eigenvalue weighted by Crippen LogP contribution is 2.24. The Morgan fingerprint density at radius 3 is 2.48 bits per heavy atom. The Bertz CT molecular complexity index is 543. The highest BCUT2D eigenvalue weighted by atomic mass is 32.2. The van der Waals surface area contributed by atoms with E-state index < -0.39 is 10.0 Å². The number of methoxy groups -OCH3 is 1. The Morgan fingerprint density at radius 2 is 1.86 bits per heavy atom. The minimum absolute atomic E-state index is 0.0769. The van der Waals surface area contributed by atoms with Crippen molar-refractivity contribution < 1.29 is 13.2 Å². The van der Waals surface area contributed by atoms with Crippen molar-refractivity contribution in [2.45, 2.75) is 44.8 Å². The van der Waals surface area contributed by atoms with Gasteiger partial charge in [0.05, 0.1) is 11.9 Å². The topological polar surface area (TPSA) is 67.4 Å². The molecule has 0 bridgehead atoms. The van der Waals surface area contributed by atoms with Gasteiger partial charge in [0.15, 0.2) is 0 Å². The van der Waals surface area contributed by atoms with Crippen molar-refractivity contribution in [3.05, 3.63) is 24.3 Å². The van der Waals surface area contributed by atoms with Gasteiger partial charge in [-0.25, -0.2) is 8.42 Å². The Labute approximate surface area is 127 Å². The van der Waals surface area contributed by atoms with Gasteiger partial charge in [-0.05, 0) is 56.9 Å². The van der Waals surface area contributed by atoms with E-state index in [1.54, 1.807) is 26.2 Å². The van der Waals surface area contributed by atoms with Crippen LogP contribution in [0.4, 0.5) is 11.4 Å². The van der Waals surface area contributed by atoms with Gasteiger partial charge >= 0.3 is 0 Å². The van der Waals surface area contributed by atoms with Crippen molar-refractivity contribution in [3.63, 3.8) is 0 Å². The van der Waals surface area contributed by atoms with E-state index in [-0.39, 0.29) is 5.75 Å². The first-order valence-electron chi connectivity index (χ1n) is 7.42. The highest BCUT2D eigenvalue weighted by molar-refractivity contribution is 7.92. The molecule has 1 aliphatic carbocycles. The van der Waals surface area contributed by atoms with Crippen molar-refractivity contribution >= 4 is 21.4 Å². The lowest BCUT2D eigenvalue weighted by Gasteiger charge is -2.29. The summed E-state index contributed by atoms with van der Waals surface area (Å²) in [5.41, 5.74) is 1.61. The molecule has 1 saturated carbocycles. The van der Waals surface area contributed by atoms with E-state index in [1.807, 2.05) is 12.1 Å². The Morgan fingerprint density at radius 1 is 1.19 bits per heavy atom. The van der Waals surface area contributed by atoms with E-state index in [4.69, 9.17) is 4.74 Å². The van der Waals surface area contributed by atoms with Crippen LogP contribution in [0.15, 0.2) is 24.3 Å². The predicted molar refractivity (Wildman–Crippen MR) is 86.2 cm³/mol. The fourth-order valence-electron chi connectivity index (χ4n) is 2.61. The molecule has 118 valence electrons. The zero-order chi connectivity index (χ0) is 15.3. The lowest BCUT2D eigenvalue weighted by Crippen LogP contribution is -2.30. The van der Waals surface area contributed by atoms with Gasteiger partial charge in [-0.1, -0.05) is 0 Å². The molecule has 21 heavy (non-hydrogen) atoms. The summed E-state index contributed by atoms with van der Waals surface area (Å²) in [6.07, 6.45) is 4.80. The molecular weight excluding hydrogens is 288 g/mol. The Hall–Kier alpha value is -1.27. The van der Waals surface area contributed by atoms with Crippen LogP contribution in [0.25, 0.3) is 0 Å². The third-order valence-corrected chi connectivity index (χ3v) is 5.18. The molecule has 5 nitrogen and oxygen atoms in total. The monoisotopic (exact) mass is 312 g/mol. The number of rotatable bonds is 6. The number of anilines is 2. The van der Waals surface area contributed by atoms with Gasteiger partial charge in [-0.2, -0.15) is 0 Å².